The number of alkyl halides is 1. The Balaban J connectivity index is 2.08. The van der Waals surface area contributed by atoms with Crippen molar-refractivity contribution in [3.8, 4) is 0 Å². The average molecular weight is 242 g/mol. The van der Waals surface area contributed by atoms with Gasteiger partial charge in [-0.2, -0.15) is 4.98 Å². The summed E-state index contributed by atoms with van der Waals surface area (Å²) < 4.78 is 6.61. The molecule has 7 heteroatoms. The van der Waals surface area contributed by atoms with Crippen LogP contribution in [0, 0.1) is 6.92 Å². The average Bonchev–Trinajstić information content (AvgIpc) is 2.87. The predicted molar refractivity (Wildman–Crippen MR) is 57.0 cm³/mol. The van der Waals surface area contributed by atoms with Crippen LogP contribution in [-0.4, -0.2) is 25.1 Å². The first-order valence-electron chi connectivity index (χ1n) is 5.02. The molecule has 1 atom stereocenters. The van der Waals surface area contributed by atoms with E-state index in [1.165, 1.54) is 0 Å². The van der Waals surface area contributed by atoms with E-state index in [1.54, 1.807) is 17.8 Å². The summed E-state index contributed by atoms with van der Waals surface area (Å²) in [6.45, 7) is 4.19. The topological polar surface area (TPSA) is 69.6 Å². The zero-order valence-corrected chi connectivity index (χ0v) is 9.85. The molecule has 6 nitrogen and oxygen atoms in total. The molecule has 1 unspecified atom stereocenters. The van der Waals surface area contributed by atoms with Crippen molar-refractivity contribution >= 4 is 11.6 Å². The van der Waals surface area contributed by atoms with Crippen LogP contribution in [0.2, 0.25) is 0 Å². The maximum atomic E-state index is 6.04. The highest BCUT2D eigenvalue weighted by Gasteiger charge is 2.11. The fourth-order valence-corrected chi connectivity index (χ4v) is 1.39. The standard InChI is InChI=1S/C9H12ClN5O/c1-3-7(10)8-4-15(14-12-8)5-9-11-6(2)13-16-9/h4,7H,3,5H2,1-2H3. The SMILES string of the molecule is CCC(Cl)c1cn(Cc2nc(C)no2)nn1. The second-order valence-corrected chi connectivity index (χ2v) is 3.98. The van der Waals surface area contributed by atoms with E-state index in [9.17, 15) is 0 Å². The van der Waals surface area contributed by atoms with Gasteiger partial charge in [0.15, 0.2) is 5.82 Å². The van der Waals surface area contributed by atoms with Crippen LogP contribution in [0.3, 0.4) is 0 Å². The highest BCUT2D eigenvalue weighted by atomic mass is 35.5. The van der Waals surface area contributed by atoms with Crippen molar-refractivity contribution in [1.82, 2.24) is 25.1 Å². The van der Waals surface area contributed by atoms with Crippen LogP contribution >= 0.6 is 11.6 Å². The molecule has 0 aliphatic rings. The molecule has 16 heavy (non-hydrogen) atoms. The molecular formula is C9H12ClN5O. The van der Waals surface area contributed by atoms with Gasteiger partial charge in [-0.15, -0.1) is 16.7 Å². The predicted octanol–water partition coefficient (Wildman–Crippen LogP) is 1.71. The van der Waals surface area contributed by atoms with Gasteiger partial charge in [0.25, 0.3) is 0 Å². The van der Waals surface area contributed by atoms with E-state index in [0.29, 0.717) is 18.3 Å². The van der Waals surface area contributed by atoms with Gasteiger partial charge in [0.2, 0.25) is 5.89 Å². The fourth-order valence-electron chi connectivity index (χ4n) is 1.29. The zero-order chi connectivity index (χ0) is 11.5. The highest BCUT2D eigenvalue weighted by Crippen LogP contribution is 2.20. The van der Waals surface area contributed by atoms with E-state index in [-0.39, 0.29) is 5.38 Å². The van der Waals surface area contributed by atoms with Crippen LogP contribution in [0.4, 0.5) is 0 Å². The molecule has 2 aromatic rings. The summed E-state index contributed by atoms with van der Waals surface area (Å²) in [5.41, 5.74) is 0.764. The summed E-state index contributed by atoms with van der Waals surface area (Å²) in [7, 11) is 0. The molecule has 0 saturated heterocycles. The molecule has 0 fully saturated rings. The molecule has 0 aliphatic carbocycles. The largest absolute Gasteiger partial charge is 0.337 e. The van der Waals surface area contributed by atoms with Crippen LogP contribution in [0.15, 0.2) is 10.7 Å². The minimum absolute atomic E-state index is 0.0989. The Hall–Kier alpha value is -1.43. The Morgan fingerprint density at radius 2 is 2.38 bits per heavy atom. The van der Waals surface area contributed by atoms with Gasteiger partial charge in [-0.1, -0.05) is 17.3 Å². The van der Waals surface area contributed by atoms with Gasteiger partial charge in [-0.05, 0) is 13.3 Å². The number of rotatable bonds is 4. The lowest BCUT2D eigenvalue weighted by Crippen LogP contribution is -2.00. The Kier molecular flexibility index (Phi) is 3.19. The van der Waals surface area contributed by atoms with Gasteiger partial charge >= 0.3 is 0 Å². The summed E-state index contributed by atoms with van der Waals surface area (Å²) in [6.07, 6.45) is 2.61. The first-order chi connectivity index (χ1) is 7.69. The molecule has 0 saturated carbocycles. The molecule has 0 aromatic carbocycles. The normalized spacial score (nSPS) is 12.9. The minimum atomic E-state index is -0.0989. The van der Waals surface area contributed by atoms with Crippen LogP contribution in [-0.2, 0) is 6.54 Å². The van der Waals surface area contributed by atoms with E-state index in [1.807, 2.05) is 6.92 Å². The second-order valence-electron chi connectivity index (χ2n) is 3.45. The van der Waals surface area contributed by atoms with Crippen LogP contribution in [0.1, 0.15) is 36.1 Å². The number of aromatic nitrogens is 5. The van der Waals surface area contributed by atoms with E-state index in [4.69, 9.17) is 16.1 Å². The van der Waals surface area contributed by atoms with E-state index in [0.717, 1.165) is 12.1 Å². The van der Waals surface area contributed by atoms with Gasteiger partial charge in [-0.25, -0.2) is 4.68 Å². The molecule has 0 N–H and O–H groups in total. The van der Waals surface area contributed by atoms with Crippen LogP contribution < -0.4 is 0 Å². The van der Waals surface area contributed by atoms with Crippen molar-refractivity contribution in [2.24, 2.45) is 0 Å². The van der Waals surface area contributed by atoms with Gasteiger partial charge in [0, 0.05) is 0 Å². The number of aryl methyl sites for hydroxylation is 1. The van der Waals surface area contributed by atoms with Crippen LogP contribution in [0.5, 0.6) is 0 Å². The number of hydrogen-bond acceptors (Lipinski definition) is 5. The molecule has 0 radical (unpaired) electrons. The molecule has 0 spiro atoms. The lowest BCUT2D eigenvalue weighted by molar-refractivity contribution is 0.361. The summed E-state index contributed by atoms with van der Waals surface area (Å²) in [4.78, 5) is 4.08. The smallest absolute Gasteiger partial charge is 0.248 e. The first kappa shape index (κ1) is 11.1. The maximum absolute atomic E-state index is 6.04. The maximum Gasteiger partial charge on any atom is 0.248 e. The van der Waals surface area contributed by atoms with Gasteiger partial charge in [0.05, 0.1) is 11.6 Å². The van der Waals surface area contributed by atoms with Gasteiger partial charge in [0.1, 0.15) is 12.2 Å². The Morgan fingerprint density at radius 3 is 3.00 bits per heavy atom. The van der Waals surface area contributed by atoms with Crippen molar-refractivity contribution in [2.45, 2.75) is 32.2 Å². The lowest BCUT2D eigenvalue weighted by Gasteiger charge is -1.98. The molecule has 2 aromatic heterocycles. The molecule has 2 rings (SSSR count). The Bertz CT molecular complexity index is 466. The van der Waals surface area contributed by atoms with E-state index in [2.05, 4.69) is 20.5 Å². The Morgan fingerprint density at radius 1 is 1.56 bits per heavy atom. The molecule has 0 bridgehead atoms. The Labute approximate surface area is 97.6 Å². The van der Waals surface area contributed by atoms with Gasteiger partial charge < -0.3 is 4.52 Å². The molecular weight excluding hydrogens is 230 g/mol. The third kappa shape index (κ3) is 2.38. The molecule has 0 aliphatic heterocycles. The van der Waals surface area contributed by atoms with E-state index < -0.39 is 0 Å². The lowest BCUT2D eigenvalue weighted by atomic mass is 10.3. The van der Waals surface area contributed by atoms with Crippen molar-refractivity contribution < 1.29 is 4.52 Å². The number of nitrogens with zero attached hydrogens (tertiary/aromatic N) is 5. The second kappa shape index (κ2) is 4.61. The summed E-state index contributed by atoms with van der Waals surface area (Å²) in [5, 5.41) is 11.5. The van der Waals surface area contributed by atoms with E-state index >= 15 is 0 Å². The molecule has 86 valence electrons. The quantitative estimate of drug-likeness (QED) is 0.762. The minimum Gasteiger partial charge on any atom is -0.337 e. The third-order valence-corrected chi connectivity index (χ3v) is 2.63. The van der Waals surface area contributed by atoms with Gasteiger partial charge in [-0.3, -0.25) is 0 Å². The molecule has 0 amide bonds. The summed E-state index contributed by atoms with van der Waals surface area (Å²) in [6, 6.07) is 0. The summed E-state index contributed by atoms with van der Waals surface area (Å²) >= 11 is 6.04. The zero-order valence-electron chi connectivity index (χ0n) is 9.09. The van der Waals surface area contributed by atoms with Crippen molar-refractivity contribution in [2.75, 3.05) is 0 Å². The third-order valence-electron chi connectivity index (χ3n) is 2.10. The fraction of sp³-hybridized carbons (Fsp3) is 0.556. The number of hydrogen-bond donors (Lipinski definition) is 0. The van der Waals surface area contributed by atoms with Crippen LogP contribution in [0.25, 0.3) is 0 Å². The monoisotopic (exact) mass is 241 g/mol. The molecule has 2 heterocycles. The summed E-state index contributed by atoms with van der Waals surface area (Å²) in [5.74, 6) is 1.12. The van der Waals surface area contributed by atoms with Crippen molar-refractivity contribution in [1.29, 1.82) is 0 Å². The highest BCUT2D eigenvalue weighted by molar-refractivity contribution is 6.20. The number of halogens is 1. The van der Waals surface area contributed by atoms with Crippen molar-refractivity contribution in [3.05, 3.63) is 23.6 Å². The van der Waals surface area contributed by atoms with Crippen molar-refractivity contribution in [3.63, 3.8) is 0 Å². The first-order valence-corrected chi connectivity index (χ1v) is 5.46.